The number of aldehydes is 1. The number of nitrogens with zero attached hydrogens (tertiary/aromatic N) is 1. The molecule has 7 nitrogen and oxygen atoms in total. The summed E-state index contributed by atoms with van der Waals surface area (Å²) in [5.74, 6) is 4.08. The summed E-state index contributed by atoms with van der Waals surface area (Å²) in [6.45, 7) is 1.63. The first-order valence-electron chi connectivity index (χ1n) is 5.35. The lowest BCUT2D eigenvalue weighted by atomic mass is 10.2. The van der Waals surface area contributed by atoms with E-state index in [1.165, 1.54) is 24.3 Å². The Kier molecular flexibility index (Phi) is 4.99. The first-order valence-corrected chi connectivity index (χ1v) is 6.79. The summed E-state index contributed by atoms with van der Waals surface area (Å²) in [7, 11) is -4.42. The molecule has 0 saturated heterocycles. The second kappa shape index (κ2) is 6.29. The monoisotopic (exact) mass is 296 g/mol. The van der Waals surface area contributed by atoms with Gasteiger partial charge in [-0.1, -0.05) is 10.4 Å². The number of carbonyl (C=O) groups is 2. The molecular weight excluding hydrogens is 284 g/mol. The lowest BCUT2D eigenvalue weighted by Gasteiger charge is -2.18. The van der Waals surface area contributed by atoms with E-state index in [0.29, 0.717) is 5.56 Å². The second-order valence-electron chi connectivity index (χ2n) is 3.66. The molecule has 0 fully saturated rings. The van der Waals surface area contributed by atoms with E-state index in [9.17, 15) is 23.2 Å². The highest BCUT2D eigenvalue weighted by molar-refractivity contribution is 7.89. The molecule has 8 heteroatoms. The fraction of sp³-hybridized carbons (Fsp3) is 0.167. The van der Waals surface area contributed by atoms with Crippen molar-refractivity contribution in [2.24, 2.45) is 5.73 Å². The standard InChI is InChI=1S/C12H12N2O5S/c1-2-3-9-4-6-10(7-5-9)20(18,19)14(17)11(8-15)12(13)16/h4-8,11,17H,1H3,(H2,13,16)/t11-/m0/s1. The molecule has 0 saturated carbocycles. The number of rotatable bonds is 5. The zero-order chi connectivity index (χ0) is 15.3. The van der Waals surface area contributed by atoms with E-state index in [1.54, 1.807) is 6.92 Å². The van der Waals surface area contributed by atoms with Crippen LogP contribution in [0.2, 0.25) is 0 Å². The van der Waals surface area contributed by atoms with Gasteiger partial charge in [-0.2, -0.15) is 0 Å². The van der Waals surface area contributed by atoms with Crippen LogP contribution in [0.3, 0.4) is 0 Å². The Morgan fingerprint density at radius 1 is 1.40 bits per heavy atom. The maximum absolute atomic E-state index is 12.0. The van der Waals surface area contributed by atoms with Gasteiger partial charge in [0, 0.05) is 5.56 Å². The molecule has 20 heavy (non-hydrogen) atoms. The molecular formula is C12H12N2O5S. The van der Waals surface area contributed by atoms with Crippen LogP contribution < -0.4 is 5.73 Å². The van der Waals surface area contributed by atoms with Crippen molar-refractivity contribution in [1.82, 2.24) is 4.47 Å². The Morgan fingerprint density at radius 3 is 2.35 bits per heavy atom. The molecule has 0 unspecified atom stereocenters. The number of hydrogen-bond donors (Lipinski definition) is 2. The number of sulfonamides is 1. The smallest absolute Gasteiger partial charge is 0.265 e. The number of amides is 1. The van der Waals surface area contributed by atoms with Gasteiger partial charge in [0.1, 0.15) is 6.29 Å². The van der Waals surface area contributed by atoms with Crippen LogP contribution in [-0.2, 0) is 19.6 Å². The van der Waals surface area contributed by atoms with Crippen molar-refractivity contribution < 1.29 is 23.2 Å². The van der Waals surface area contributed by atoms with E-state index in [2.05, 4.69) is 11.8 Å². The largest absolute Gasteiger partial charge is 0.368 e. The Balaban J connectivity index is 3.17. The van der Waals surface area contributed by atoms with Crippen molar-refractivity contribution >= 4 is 22.2 Å². The number of carbonyl (C=O) groups excluding carboxylic acids is 2. The molecule has 1 aromatic carbocycles. The van der Waals surface area contributed by atoms with Crippen LogP contribution in [0.25, 0.3) is 0 Å². The van der Waals surface area contributed by atoms with Gasteiger partial charge in [-0.25, -0.2) is 8.42 Å². The predicted octanol–water partition coefficient (Wildman–Crippen LogP) is -0.509. The molecule has 106 valence electrons. The maximum atomic E-state index is 12.0. The van der Waals surface area contributed by atoms with Crippen LogP contribution in [0.1, 0.15) is 12.5 Å². The van der Waals surface area contributed by atoms with Gasteiger partial charge in [-0.15, -0.1) is 5.92 Å². The van der Waals surface area contributed by atoms with E-state index >= 15 is 0 Å². The first kappa shape index (κ1) is 15.8. The minimum absolute atomic E-state index is 0.0587. The Hall–Kier alpha value is -2.21. The average Bonchev–Trinajstić information content (AvgIpc) is 2.40. The Morgan fingerprint density at radius 2 is 1.95 bits per heavy atom. The topological polar surface area (TPSA) is 118 Å². The lowest BCUT2D eigenvalue weighted by Crippen LogP contribution is -2.47. The number of nitrogens with two attached hydrogens (primary N) is 1. The van der Waals surface area contributed by atoms with Crippen molar-refractivity contribution in [3.8, 4) is 11.8 Å². The minimum Gasteiger partial charge on any atom is -0.368 e. The quantitative estimate of drug-likeness (QED) is 0.328. The van der Waals surface area contributed by atoms with Crippen LogP contribution in [0.4, 0.5) is 0 Å². The molecule has 1 amide bonds. The van der Waals surface area contributed by atoms with Crippen molar-refractivity contribution in [3.05, 3.63) is 29.8 Å². The molecule has 3 N–H and O–H groups in total. The fourth-order valence-electron chi connectivity index (χ4n) is 1.34. The number of hydrogen-bond acceptors (Lipinski definition) is 5. The highest BCUT2D eigenvalue weighted by Gasteiger charge is 2.33. The van der Waals surface area contributed by atoms with Crippen LogP contribution in [-0.4, -0.2) is 36.3 Å². The van der Waals surface area contributed by atoms with E-state index < -0.39 is 22.0 Å². The van der Waals surface area contributed by atoms with Crippen LogP contribution in [0, 0.1) is 11.8 Å². The van der Waals surface area contributed by atoms with Gasteiger partial charge in [0.15, 0.2) is 6.04 Å². The Bertz CT molecular complexity index is 670. The number of primary amides is 1. The van der Waals surface area contributed by atoms with Gasteiger partial charge >= 0.3 is 0 Å². The summed E-state index contributed by atoms with van der Waals surface area (Å²) in [5.41, 5.74) is 5.41. The van der Waals surface area contributed by atoms with Gasteiger partial charge in [-0.05, 0) is 31.2 Å². The van der Waals surface area contributed by atoms with Crippen LogP contribution in [0.5, 0.6) is 0 Å². The second-order valence-corrected chi connectivity index (χ2v) is 5.46. The molecule has 0 radical (unpaired) electrons. The van der Waals surface area contributed by atoms with E-state index in [1.807, 2.05) is 0 Å². The summed E-state index contributed by atoms with van der Waals surface area (Å²) in [6, 6.07) is 3.27. The third-order valence-electron chi connectivity index (χ3n) is 2.33. The molecule has 0 heterocycles. The first-order chi connectivity index (χ1) is 9.34. The van der Waals surface area contributed by atoms with E-state index in [4.69, 9.17) is 5.73 Å². The summed E-state index contributed by atoms with van der Waals surface area (Å²) in [4.78, 5) is 21.2. The molecule has 0 aliphatic carbocycles. The van der Waals surface area contributed by atoms with Crippen molar-refractivity contribution in [3.63, 3.8) is 0 Å². The fourth-order valence-corrected chi connectivity index (χ4v) is 2.49. The maximum Gasteiger partial charge on any atom is 0.265 e. The van der Waals surface area contributed by atoms with Gasteiger partial charge in [0.25, 0.3) is 10.0 Å². The van der Waals surface area contributed by atoms with Gasteiger partial charge in [0.2, 0.25) is 5.91 Å². The molecule has 0 aliphatic heterocycles. The summed E-state index contributed by atoms with van der Waals surface area (Å²) >= 11 is 0. The molecule has 0 bridgehead atoms. The third kappa shape index (κ3) is 3.21. The molecule has 0 spiro atoms. The van der Waals surface area contributed by atoms with Crippen LogP contribution in [0.15, 0.2) is 29.2 Å². The van der Waals surface area contributed by atoms with Gasteiger partial charge in [-0.3, -0.25) is 10.0 Å². The summed E-state index contributed by atoms with van der Waals surface area (Å²) in [5, 5.41) is 9.52. The average molecular weight is 296 g/mol. The third-order valence-corrected chi connectivity index (χ3v) is 3.91. The van der Waals surface area contributed by atoms with Crippen molar-refractivity contribution in [1.29, 1.82) is 0 Å². The SMILES string of the molecule is CC#Cc1ccc(S(=O)(=O)N(O)[C@@H](C=O)C(N)=O)cc1. The van der Waals surface area contributed by atoms with Crippen molar-refractivity contribution in [2.75, 3.05) is 0 Å². The molecule has 1 aromatic rings. The summed E-state index contributed by atoms with van der Waals surface area (Å²) in [6.07, 6.45) is -0.0587. The summed E-state index contributed by atoms with van der Waals surface area (Å²) < 4.78 is 23.6. The number of hydroxylamine groups is 1. The Labute approximate surface area is 116 Å². The zero-order valence-corrected chi connectivity index (χ0v) is 11.3. The lowest BCUT2D eigenvalue weighted by molar-refractivity contribution is -0.137. The van der Waals surface area contributed by atoms with Gasteiger partial charge < -0.3 is 10.5 Å². The van der Waals surface area contributed by atoms with E-state index in [0.717, 1.165) is 0 Å². The molecule has 0 aliphatic rings. The predicted molar refractivity (Wildman–Crippen MR) is 68.9 cm³/mol. The minimum atomic E-state index is -4.42. The van der Waals surface area contributed by atoms with Crippen LogP contribution >= 0.6 is 0 Å². The molecule has 1 rings (SSSR count). The normalized spacial score (nSPS) is 12.3. The van der Waals surface area contributed by atoms with Gasteiger partial charge in [0.05, 0.1) is 4.90 Å². The molecule has 0 aromatic heterocycles. The highest BCUT2D eigenvalue weighted by atomic mass is 32.2. The molecule has 1 atom stereocenters. The number of benzene rings is 1. The zero-order valence-electron chi connectivity index (χ0n) is 10.5. The highest BCUT2D eigenvalue weighted by Crippen LogP contribution is 2.16. The van der Waals surface area contributed by atoms with Crippen molar-refractivity contribution in [2.45, 2.75) is 17.9 Å². The van der Waals surface area contributed by atoms with E-state index in [-0.39, 0.29) is 15.7 Å².